The topological polar surface area (TPSA) is 75.3 Å². The molecule has 0 aromatic heterocycles. The fourth-order valence-electron chi connectivity index (χ4n) is 2.22. The number of amides is 1. The van der Waals surface area contributed by atoms with Crippen LogP contribution < -0.4 is 10.6 Å². The highest BCUT2D eigenvalue weighted by Gasteiger charge is 2.20. The maximum absolute atomic E-state index is 11.8. The van der Waals surface area contributed by atoms with Gasteiger partial charge in [-0.25, -0.2) is 8.42 Å². The molecule has 1 atom stereocenters. The first-order valence-corrected chi connectivity index (χ1v) is 9.06. The molecule has 0 aromatic rings. The van der Waals surface area contributed by atoms with E-state index in [4.69, 9.17) is 0 Å². The minimum absolute atomic E-state index is 0.103. The summed E-state index contributed by atoms with van der Waals surface area (Å²) in [6.07, 6.45) is 5.86. The van der Waals surface area contributed by atoms with Crippen molar-refractivity contribution in [2.24, 2.45) is 0 Å². The molecule has 2 N–H and O–H groups in total. The molecule has 0 bridgehead atoms. The summed E-state index contributed by atoms with van der Waals surface area (Å²) in [4.78, 5) is 11.5. The van der Waals surface area contributed by atoms with Crippen LogP contribution in [0.2, 0.25) is 0 Å². The molecular weight excluding hydrogens is 264 g/mol. The van der Waals surface area contributed by atoms with Gasteiger partial charge in [0, 0.05) is 12.6 Å². The lowest BCUT2D eigenvalue weighted by atomic mass is 10.0. The number of rotatable bonds is 8. The van der Waals surface area contributed by atoms with Crippen molar-refractivity contribution in [2.75, 3.05) is 24.6 Å². The van der Waals surface area contributed by atoms with Crippen molar-refractivity contribution in [3.05, 3.63) is 0 Å². The van der Waals surface area contributed by atoms with Crippen molar-refractivity contribution in [3.63, 3.8) is 0 Å². The van der Waals surface area contributed by atoms with E-state index in [1.54, 1.807) is 0 Å². The van der Waals surface area contributed by atoms with Crippen LogP contribution in [0, 0.1) is 0 Å². The van der Waals surface area contributed by atoms with Gasteiger partial charge in [0.15, 0.2) is 9.84 Å². The third kappa shape index (κ3) is 7.52. The van der Waals surface area contributed by atoms with E-state index in [0.717, 1.165) is 32.2 Å². The van der Waals surface area contributed by atoms with Crippen LogP contribution in [0.4, 0.5) is 0 Å². The van der Waals surface area contributed by atoms with Crippen molar-refractivity contribution < 1.29 is 13.2 Å². The first-order chi connectivity index (χ1) is 9.03. The van der Waals surface area contributed by atoms with E-state index in [9.17, 15) is 13.2 Å². The van der Waals surface area contributed by atoms with E-state index in [2.05, 4.69) is 10.6 Å². The number of sulfone groups is 1. The number of carbonyl (C=O) groups excluding carboxylic acids is 1. The van der Waals surface area contributed by atoms with Gasteiger partial charge in [-0.2, -0.15) is 0 Å². The van der Waals surface area contributed by atoms with Gasteiger partial charge in [-0.1, -0.05) is 19.8 Å². The molecule has 112 valence electrons. The second-order valence-corrected chi connectivity index (χ2v) is 7.42. The predicted octanol–water partition coefficient (Wildman–Crippen LogP) is 0.850. The minimum atomic E-state index is -3.27. The molecular formula is C13H26N2O3S. The predicted molar refractivity (Wildman–Crippen MR) is 76.8 cm³/mol. The molecule has 1 heterocycles. The smallest absolute Gasteiger partial charge is 0.235 e. The van der Waals surface area contributed by atoms with Gasteiger partial charge < -0.3 is 10.6 Å². The van der Waals surface area contributed by atoms with Gasteiger partial charge in [-0.05, 0) is 32.2 Å². The average molecular weight is 290 g/mol. The summed E-state index contributed by atoms with van der Waals surface area (Å²) >= 11 is 0. The quantitative estimate of drug-likeness (QED) is 0.650. The Morgan fingerprint density at radius 1 is 1.37 bits per heavy atom. The molecule has 5 nitrogen and oxygen atoms in total. The minimum Gasteiger partial charge on any atom is -0.355 e. The standard InChI is InChI=1S/C13H26N2O3S/c1-2-3-8-15-13(16)11-19(17,18)10-7-12-6-4-5-9-14-12/h12,14H,2-11H2,1H3,(H,15,16). The Morgan fingerprint density at radius 2 is 2.16 bits per heavy atom. The molecule has 0 aliphatic carbocycles. The molecule has 6 heteroatoms. The summed E-state index contributed by atoms with van der Waals surface area (Å²) in [5, 5.41) is 5.97. The van der Waals surface area contributed by atoms with Crippen molar-refractivity contribution in [1.29, 1.82) is 0 Å². The second-order valence-electron chi connectivity index (χ2n) is 5.23. The Labute approximate surface area is 116 Å². The Morgan fingerprint density at radius 3 is 2.79 bits per heavy atom. The van der Waals surface area contributed by atoms with Gasteiger partial charge in [0.1, 0.15) is 5.75 Å². The van der Waals surface area contributed by atoms with Crippen molar-refractivity contribution in [3.8, 4) is 0 Å². The highest BCUT2D eigenvalue weighted by molar-refractivity contribution is 7.92. The van der Waals surface area contributed by atoms with Crippen LogP contribution in [0.25, 0.3) is 0 Å². The van der Waals surface area contributed by atoms with Crippen LogP contribution in [-0.2, 0) is 14.6 Å². The Kier molecular flexibility index (Phi) is 7.38. The molecule has 1 rings (SSSR count). The average Bonchev–Trinajstić information content (AvgIpc) is 2.37. The fraction of sp³-hybridized carbons (Fsp3) is 0.923. The number of hydrogen-bond acceptors (Lipinski definition) is 4. The van der Waals surface area contributed by atoms with Crippen LogP contribution in [0.5, 0.6) is 0 Å². The number of nitrogens with one attached hydrogen (secondary N) is 2. The number of unbranched alkanes of at least 4 members (excludes halogenated alkanes) is 1. The second kappa shape index (κ2) is 8.53. The maximum Gasteiger partial charge on any atom is 0.235 e. The molecule has 0 spiro atoms. The van der Waals surface area contributed by atoms with Crippen molar-refractivity contribution in [1.82, 2.24) is 10.6 Å². The van der Waals surface area contributed by atoms with E-state index >= 15 is 0 Å². The Balaban J connectivity index is 2.24. The zero-order valence-corrected chi connectivity index (χ0v) is 12.6. The molecule has 19 heavy (non-hydrogen) atoms. The molecule has 1 saturated heterocycles. The number of piperidine rings is 1. The Hall–Kier alpha value is -0.620. The molecule has 1 unspecified atom stereocenters. The lowest BCUT2D eigenvalue weighted by Gasteiger charge is -2.23. The van der Waals surface area contributed by atoms with Gasteiger partial charge in [-0.3, -0.25) is 4.79 Å². The van der Waals surface area contributed by atoms with Gasteiger partial charge in [0.05, 0.1) is 5.75 Å². The molecule has 0 radical (unpaired) electrons. The van der Waals surface area contributed by atoms with E-state index < -0.39 is 9.84 Å². The molecule has 1 amide bonds. The van der Waals surface area contributed by atoms with E-state index in [-0.39, 0.29) is 17.4 Å². The largest absolute Gasteiger partial charge is 0.355 e. The summed E-state index contributed by atoms with van der Waals surface area (Å²) in [6.45, 7) is 3.57. The molecule has 1 aliphatic heterocycles. The Bertz CT molecular complexity index is 362. The SMILES string of the molecule is CCCCNC(=O)CS(=O)(=O)CCC1CCCCN1. The summed E-state index contributed by atoms with van der Waals surface area (Å²) < 4.78 is 23.7. The van der Waals surface area contributed by atoms with Gasteiger partial charge in [-0.15, -0.1) is 0 Å². The van der Waals surface area contributed by atoms with Gasteiger partial charge >= 0.3 is 0 Å². The van der Waals surface area contributed by atoms with E-state index in [1.165, 1.54) is 6.42 Å². The van der Waals surface area contributed by atoms with Crippen LogP contribution in [0.3, 0.4) is 0 Å². The highest BCUT2D eigenvalue weighted by Crippen LogP contribution is 2.11. The van der Waals surface area contributed by atoms with Gasteiger partial charge in [0.25, 0.3) is 0 Å². The summed E-state index contributed by atoms with van der Waals surface area (Å²) in [6, 6.07) is 0.298. The van der Waals surface area contributed by atoms with E-state index in [0.29, 0.717) is 19.0 Å². The van der Waals surface area contributed by atoms with Crippen LogP contribution in [0.1, 0.15) is 45.4 Å². The van der Waals surface area contributed by atoms with Crippen LogP contribution in [0.15, 0.2) is 0 Å². The van der Waals surface area contributed by atoms with Crippen LogP contribution >= 0.6 is 0 Å². The number of carbonyl (C=O) groups is 1. The zero-order valence-electron chi connectivity index (χ0n) is 11.8. The maximum atomic E-state index is 11.8. The van der Waals surface area contributed by atoms with E-state index in [1.807, 2.05) is 6.92 Å². The monoisotopic (exact) mass is 290 g/mol. The lowest BCUT2D eigenvalue weighted by Crippen LogP contribution is -2.37. The molecule has 1 aliphatic rings. The number of hydrogen-bond donors (Lipinski definition) is 2. The van der Waals surface area contributed by atoms with Crippen molar-refractivity contribution >= 4 is 15.7 Å². The lowest BCUT2D eigenvalue weighted by molar-refractivity contribution is -0.118. The summed E-state index contributed by atoms with van der Waals surface area (Å²) in [5.74, 6) is -0.639. The normalized spacial score (nSPS) is 20.2. The van der Waals surface area contributed by atoms with Crippen LogP contribution in [-0.4, -0.2) is 45.0 Å². The zero-order chi connectivity index (χ0) is 14.1. The fourth-order valence-corrected chi connectivity index (χ4v) is 3.51. The molecule has 1 fully saturated rings. The third-order valence-electron chi connectivity index (χ3n) is 3.39. The first-order valence-electron chi connectivity index (χ1n) is 7.24. The third-order valence-corrected chi connectivity index (χ3v) is 4.95. The first kappa shape index (κ1) is 16.4. The highest BCUT2D eigenvalue weighted by atomic mass is 32.2. The molecule has 0 aromatic carbocycles. The summed E-state index contributed by atoms with van der Waals surface area (Å²) in [5.41, 5.74) is 0. The van der Waals surface area contributed by atoms with Crippen molar-refractivity contribution in [2.45, 2.75) is 51.5 Å². The molecule has 0 saturated carbocycles. The summed E-state index contributed by atoms with van der Waals surface area (Å²) in [7, 11) is -3.27. The van der Waals surface area contributed by atoms with Gasteiger partial charge in [0.2, 0.25) is 5.91 Å².